The van der Waals surface area contributed by atoms with E-state index >= 15 is 0 Å². The topological polar surface area (TPSA) is 134 Å². The van der Waals surface area contributed by atoms with Crippen molar-refractivity contribution in [1.29, 1.82) is 0 Å². The van der Waals surface area contributed by atoms with Crippen LogP contribution in [0.15, 0.2) is 42.6 Å². The molecule has 3 amide bonds. The van der Waals surface area contributed by atoms with Gasteiger partial charge in [-0.3, -0.25) is 14.6 Å². The predicted octanol–water partition coefficient (Wildman–Crippen LogP) is 2.65. The number of benzene rings is 1. The molecule has 0 atom stereocenters. The average molecular weight is 410 g/mol. The van der Waals surface area contributed by atoms with Gasteiger partial charge in [-0.1, -0.05) is 12.1 Å². The number of nitrogens with two attached hydrogens (primary N) is 1. The lowest BCUT2D eigenvalue weighted by Crippen LogP contribution is -2.34. The van der Waals surface area contributed by atoms with E-state index in [1.54, 1.807) is 42.6 Å². The van der Waals surface area contributed by atoms with Crippen LogP contribution in [0.3, 0.4) is 0 Å². The number of carboxylic acid groups (broad SMARTS) is 1. The van der Waals surface area contributed by atoms with Gasteiger partial charge in [0.15, 0.2) is 0 Å². The third kappa shape index (κ3) is 5.79. The number of amides is 3. The number of aromatic nitrogens is 1. The lowest BCUT2D eigenvalue weighted by Gasteiger charge is -2.28. The van der Waals surface area contributed by atoms with Gasteiger partial charge in [0.1, 0.15) is 0 Å². The van der Waals surface area contributed by atoms with Gasteiger partial charge in [0.2, 0.25) is 5.91 Å². The second-order valence-corrected chi connectivity index (χ2v) is 7.65. The van der Waals surface area contributed by atoms with Gasteiger partial charge in [0, 0.05) is 36.0 Å². The molecule has 30 heavy (non-hydrogen) atoms. The van der Waals surface area contributed by atoms with Crippen molar-refractivity contribution in [3.63, 3.8) is 0 Å². The summed E-state index contributed by atoms with van der Waals surface area (Å²) >= 11 is 0. The van der Waals surface area contributed by atoms with Gasteiger partial charge in [0.25, 0.3) is 5.91 Å². The number of hydrogen-bond donors (Lipinski definition) is 4. The fraction of sp³-hybridized carbons (Fsp3) is 0.364. The molecule has 1 heterocycles. The first kappa shape index (κ1) is 21.3. The summed E-state index contributed by atoms with van der Waals surface area (Å²) in [5, 5.41) is 14.1. The number of primary amides is 1. The highest BCUT2D eigenvalue weighted by Gasteiger charge is 2.22. The maximum absolute atomic E-state index is 12.6. The van der Waals surface area contributed by atoms with Crippen LogP contribution in [0.25, 0.3) is 11.3 Å². The molecule has 1 aromatic carbocycles. The van der Waals surface area contributed by atoms with Crippen LogP contribution in [0, 0.1) is 11.8 Å². The molecule has 2 aromatic rings. The number of nitrogens with zero attached hydrogens (tertiary/aromatic N) is 1. The second-order valence-electron chi connectivity index (χ2n) is 7.65. The molecule has 0 spiro atoms. The second kappa shape index (κ2) is 9.87. The first-order valence-electron chi connectivity index (χ1n) is 10.0. The summed E-state index contributed by atoms with van der Waals surface area (Å²) in [6.45, 7) is 1.09. The Morgan fingerprint density at radius 1 is 0.933 bits per heavy atom. The van der Waals surface area contributed by atoms with Gasteiger partial charge in [-0.25, -0.2) is 4.79 Å². The molecule has 8 heteroatoms. The summed E-state index contributed by atoms with van der Waals surface area (Å²) in [6, 6.07) is 10.2. The van der Waals surface area contributed by atoms with Crippen molar-refractivity contribution in [2.75, 3.05) is 13.1 Å². The summed E-state index contributed by atoms with van der Waals surface area (Å²) in [7, 11) is 0. The van der Waals surface area contributed by atoms with E-state index in [4.69, 9.17) is 10.8 Å². The zero-order valence-electron chi connectivity index (χ0n) is 16.6. The minimum absolute atomic E-state index is 0.151. The van der Waals surface area contributed by atoms with Gasteiger partial charge in [-0.05, 0) is 61.8 Å². The summed E-state index contributed by atoms with van der Waals surface area (Å²) < 4.78 is 0. The predicted molar refractivity (Wildman–Crippen MR) is 112 cm³/mol. The molecule has 1 aliphatic carbocycles. The van der Waals surface area contributed by atoms with Gasteiger partial charge >= 0.3 is 6.09 Å². The molecule has 5 N–H and O–H groups in total. The quantitative estimate of drug-likeness (QED) is 0.557. The Hall–Kier alpha value is -3.42. The molecule has 1 aromatic heterocycles. The Labute approximate surface area is 174 Å². The molecular formula is C22H26N4O4. The van der Waals surface area contributed by atoms with Crippen molar-refractivity contribution >= 4 is 17.9 Å². The molecule has 0 saturated heterocycles. The smallest absolute Gasteiger partial charge is 0.404 e. The van der Waals surface area contributed by atoms with Crippen LogP contribution in [0.4, 0.5) is 4.79 Å². The van der Waals surface area contributed by atoms with E-state index in [9.17, 15) is 14.4 Å². The van der Waals surface area contributed by atoms with Crippen molar-refractivity contribution in [2.24, 2.45) is 17.6 Å². The van der Waals surface area contributed by atoms with Gasteiger partial charge < -0.3 is 21.5 Å². The number of nitrogens with one attached hydrogen (secondary N) is 2. The maximum Gasteiger partial charge on any atom is 0.404 e. The highest BCUT2D eigenvalue weighted by molar-refractivity contribution is 5.95. The van der Waals surface area contributed by atoms with E-state index in [2.05, 4.69) is 15.6 Å². The normalized spacial score (nSPS) is 18.4. The van der Waals surface area contributed by atoms with Crippen molar-refractivity contribution in [1.82, 2.24) is 15.6 Å². The van der Waals surface area contributed by atoms with Crippen LogP contribution in [-0.4, -0.2) is 41.1 Å². The highest BCUT2D eigenvalue weighted by atomic mass is 16.4. The SMILES string of the molecule is NC(=O)c1ccc(-c2cc(C(=O)NC[C@H]3CC[C@H](CNC(=O)O)CC3)ccn2)cc1. The van der Waals surface area contributed by atoms with Crippen molar-refractivity contribution in [3.05, 3.63) is 53.7 Å². The van der Waals surface area contributed by atoms with Gasteiger partial charge in [-0.2, -0.15) is 0 Å². The molecular weight excluding hydrogens is 384 g/mol. The van der Waals surface area contributed by atoms with Crippen molar-refractivity contribution < 1.29 is 19.5 Å². The third-order valence-corrected chi connectivity index (χ3v) is 5.55. The molecule has 3 rings (SSSR count). The first-order chi connectivity index (χ1) is 14.4. The molecule has 1 fully saturated rings. The van der Waals surface area contributed by atoms with Crippen LogP contribution < -0.4 is 16.4 Å². The molecule has 0 aliphatic heterocycles. The van der Waals surface area contributed by atoms with Crippen molar-refractivity contribution in [2.45, 2.75) is 25.7 Å². The number of carbonyl (C=O) groups is 3. The van der Waals surface area contributed by atoms with Crippen LogP contribution in [0.5, 0.6) is 0 Å². The van der Waals surface area contributed by atoms with Crippen LogP contribution in [-0.2, 0) is 0 Å². The monoisotopic (exact) mass is 410 g/mol. The molecule has 0 unspecified atom stereocenters. The minimum Gasteiger partial charge on any atom is -0.465 e. The van der Waals surface area contributed by atoms with E-state index < -0.39 is 12.0 Å². The Balaban J connectivity index is 1.52. The number of carbonyl (C=O) groups excluding carboxylic acids is 2. The Morgan fingerprint density at radius 3 is 2.10 bits per heavy atom. The first-order valence-corrected chi connectivity index (χ1v) is 10.0. The standard InChI is InChI=1S/C22H26N4O4/c23-20(27)17-7-5-16(6-8-17)19-11-18(9-10-24-19)21(28)25-12-14-1-3-15(4-2-14)13-26-22(29)30/h5-11,14-15,26H,1-4,12-13H2,(H2,23,27)(H,25,28)(H,29,30)/t14-,15-. The van der Waals surface area contributed by atoms with E-state index in [1.165, 1.54) is 0 Å². The molecule has 0 radical (unpaired) electrons. The summed E-state index contributed by atoms with van der Waals surface area (Å²) in [6.07, 6.45) is 4.47. The number of pyridine rings is 1. The highest BCUT2D eigenvalue weighted by Crippen LogP contribution is 2.28. The molecule has 8 nitrogen and oxygen atoms in total. The summed E-state index contributed by atoms with van der Waals surface area (Å²) in [5.74, 6) is 0.131. The fourth-order valence-electron chi connectivity index (χ4n) is 3.75. The zero-order chi connectivity index (χ0) is 21.5. The average Bonchev–Trinajstić information content (AvgIpc) is 2.77. The summed E-state index contributed by atoms with van der Waals surface area (Å²) in [5.41, 5.74) is 7.64. The minimum atomic E-state index is -0.982. The van der Waals surface area contributed by atoms with E-state index in [0.29, 0.717) is 41.7 Å². The fourth-order valence-corrected chi connectivity index (χ4v) is 3.75. The van der Waals surface area contributed by atoms with Crippen LogP contribution >= 0.6 is 0 Å². The molecule has 0 bridgehead atoms. The molecule has 158 valence electrons. The Morgan fingerprint density at radius 2 is 1.53 bits per heavy atom. The van der Waals surface area contributed by atoms with Gasteiger partial charge in [-0.15, -0.1) is 0 Å². The zero-order valence-corrected chi connectivity index (χ0v) is 16.6. The lowest BCUT2D eigenvalue weighted by atomic mass is 9.82. The molecule has 1 saturated carbocycles. The lowest BCUT2D eigenvalue weighted by molar-refractivity contribution is 0.0939. The summed E-state index contributed by atoms with van der Waals surface area (Å²) in [4.78, 5) is 38.7. The number of rotatable bonds is 7. The van der Waals surface area contributed by atoms with Crippen LogP contribution in [0.2, 0.25) is 0 Å². The van der Waals surface area contributed by atoms with E-state index in [-0.39, 0.29) is 5.91 Å². The Kier molecular flexibility index (Phi) is 7.00. The van der Waals surface area contributed by atoms with Gasteiger partial charge in [0.05, 0.1) is 5.69 Å². The van der Waals surface area contributed by atoms with E-state index in [0.717, 1.165) is 31.2 Å². The largest absolute Gasteiger partial charge is 0.465 e. The Bertz CT molecular complexity index is 906. The number of hydrogen-bond acceptors (Lipinski definition) is 4. The molecule has 1 aliphatic rings. The van der Waals surface area contributed by atoms with Crippen LogP contribution in [0.1, 0.15) is 46.4 Å². The maximum atomic E-state index is 12.6. The van der Waals surface area contributed by atoms with E-state index in [1.807, 2.05) is 0 Å². The van der Waals surface area contributed by atoms with Crippen molar-refractivity contribution in [3.8, 4) is 11.3 Å². The third-order valence-electron chi connectivity index (χ3n) is 5.55.